The Balaban J connectivity index is 1.54. The molecule has 2 N–H and O–H groups in total. The Labute approximate surface area is 146 Å². The first-order valence-corrected chi connectivity index (χ1v) is 9.70. The lowest BCUT2D eigenvalue weighted by Gasteiger charge is -2.37. The summed E-state index contributed by atoms with van der Waals surface area (Å²) in [5, 5.41) is 6.08. The molecule has 0 bridgehead atoms. The summed E-state index contributed by atoms with van der Waals surface area (Å²) >= 11 is 0. The highest BCUT2D eigenvalue weighted by molar-refractivity contribution is 5.89. The first-order chi connectivity index (χ1) is 11.8. The van der Waals surface area contributed by atoms with E-state index in [1.165, 1.54) is 50.6 Å². The van der Waals surface area contributed by atoms with Crippen molar-refractivity contribution in [2.24, 2.45) is 0 Å². The maximum Gasteiger partial charge on any atom is 0.319 e. The quantitative estimate of drug-likeness (QED) is 0.824. The standard InChI is InChI=1S/C20H31N3O/c1-2-18-10-6-7-15-23(18)19-13-11-17(12-14-19)22-20(24)21-16-8-4-3-5-9-16/h11-14,16,18H,2-10,15H2,1H3,(H2,21,22,24). The number of anilines is 2. The first kappa shape index (κ1) is 17.1. The molecule has 2 fully saturated rings. The normalized spacial score (nSPS) is 22.2. The van der Waals surface area contributed by atoms with Crippen LogP contribution in [0.5, 0.6) is 0 Å². The van der Waals surface area contributed by atoms with Gasteiger partial charge < -0.3 is 15.5 Å². The van der Waals surface area contributed by atoms with Crippen molar-refractivity contribution < 1.29 is 4.79 Å². The van der Waals surface area contributed by atoms with Crippen LogP contribution in [-0.4, -0.2) is 24.7 Å². The largest absolute Gasteiger partial charge is 0.369 e. The molecule has 1 aromatic carbocycles. The van der Waals surface area contributed by atoms with E-state index in [9.17, 15) is 4.79 Å². The van der Waals surface area contributed by atoms with Crippen LogP contribution in [0.3, 0.4) is 0 Å². The monoisotopic (exact) mass is 329 g/mol. The number of piperidine rings is 1. The number of urea groups is 1. The predicted molar refractivity (Wildman–Crippen MR) is 101 cm³/mol. The topological polar surface area (TPSA) is 44.4 Å². The van der Waals surface area contributed by atoms with Gasteiger partial charge in [-0.25, -0.2) is 4.79 Å². The molecular formula is C20H31N3O. The maximum atomic E-state index is 12.1. The molecule has 1 atom stereocenters. The van der Waals surface area contributed by atoms with Crippen LogP contribution in [0.4, 0.5) is 16.2 Å². The van der Waals surface area contributed by atoms with Crippen LogP contribution in [0.25, 0.3) is 0 Å². The number of carbonyl (C=O) groups excluding carboxylic acids is 1. The van der Waals surface area contributed by atoms with Crippen molar-refractivity contribution in [3.05, 3.63) is 24.3 Å². The van der Waals surface area contributed by atoms with Gasteiger partial charge >= 0.3 is 6.03 Å². The van der Waals surface area contributed by atoms with Gasteiger partial charge in [-0.3, -0.25) is 0 Å². The van der Waals surface area contributed by atoms with Crippen molar-refractivity contribution >= 4 is 17.4 Å². The molecule has 2 amide bonds. The molecule has 4 nitrogen and oxygen atoms in total. The number of hydrogen-bond donors (Lipinski definition) is 2. The average Bonchev–Trinajstić information content (AvgIpc) is 2.63. The molecule has 1 unspecified atom stereocenters. The first-order valence-electron chi connectivity index (χ1n) is 9.70. The molecule has 2 aliphatic rings. The predicted octanol–water partition coefficient (Wildman–Crippen LogP) is 4.91. The molecule has 0 radical (unpaired) electrons. The van der Waals surface area contributed by atoms with E-state index in [2.05, 4.69) is 34.6 Å². The lowest BCUT2D eigenvalue weighted by atomic mass is 9.96. The Morgan fingerprint density at radius 1 is 1.04 bits per heavy atom. The van der Waals surface area contributed by atoms with Gasteiger partial charge in [0, 0.05) is 30.0 Å². The second-order valence-electron chi connectivity index (χ2n) is 7.23. The molecule has 132 valence electrons. The summed E-state index contributed by atoms with van der Waals surface area (Å²) in [5.41, 5.74) is 2.15. The zero-order valence-corrected chi connectivity index (χ0v) is 14.9. The van der Waals surface area contributed by atoms with Gasteiger partial charge in [-0.15, -0.1) is 0 Å². The van der Waals surface area contributed by atoms with E-state index in [1.54, 1.807) is 0 Å². The highest BCUT2D eigenvalue weighted by Crippen LogP contribution is 2.27. The molecule has 1 aromatic rings. The number of amides is 2. The SMILES string of the molecule is CCC1CCCCN1c1ccc(NC(=O)NC2CCCCC2)cc1. The third-order valence-electron chi connectivity index (χ3n) is 5.50. The second kappa shape index (κ2) is 8.41. The zero-order chi connectivity index (χ0) is 16.8. The molecular weight excluding hydrogens is 298 g/mol. The van der Waals surface area contributed by atoms with E-state index in [-0.39, 0.29) is 6.03 Å². The van der Waals surface area contributed by atoms with Gasteiger partial charge in [0.15, 0.2) is 0 Å². The minimum atomic E-state index is -0.0703. The Bertz CT molecular complexity index is 522. The molecule has 1 saturated carbocycles. The van der Waals surface area contributed by atoms with Gasteiger partial charge in [0.1, 0.15) is 0 Å². The van der Waals surface area contributed by atoms with Crippen LogP contribution in [0, 0.1) is 0 Å². The van der Waals surface area contributed by atoms with Crippen LogP contribution in [-0.2, 0) is 0 Å². The fourth-order valence-corrected chi connectivity index (χ4v) is 4.10. The highest BCUT2D eigenvalue weighted by Gasteiger charge is 2.21. The molecule has 0 aromatic heterocycles. The van der Waals surface area contributed by atoms with Crippen molar-refractivity contribution in [3.63, 3.8) is 0 Å². The fourth-order valence-electron chi connectivity index (χ4n) is 4.10. The summed E-state index contributed by atoms with van der Waals surface area (Å²) in [4.78, 5) is 14.7. The van der Waals surface area contributed by atoms with Crippen molar-refractivity contribution in [2.75, 3.05) is 16.8 Å². The van der Waals surface area contributed by atoms with Gasteiger partial charge in [0.25, 0.3) is 0 Å². The van der Waals surface area contributed by atoms with Gasteiger partial charge in [-0.1, -0.05) is 26.2 Å². The average molecular weight is 329 g/mol. The summed E-state index contributed by atoms with van der Waals surface area (Å²) < 4.78 is 0. The highest BCUT2D eigenvalue weighted by atomic mass is 16.2. The lowest BCUT2D eigenvalue weighted by Crippen LogP contribution is -2.39. The summed E-state index contributed by atoms with van der Waals surface area (Å²) in [6, 6.07) is 9.27. The van der Waals surface area contributed by atoms with Crippen LogP contribution in [0.1, 0.15) is 64.7 Å². The van der Waals surface area contributed by atoms with Crippen LogP contribution < -0.4 is 15.5 Å². The molecule has 0 spiro atoms. The summed E-state index contributed by atoms with van der Waals surface area (Å²) in [5.74, 6) is 0. The lowest BCUT2D eigenvalue weighted by molar-refractivity contribution is 0.244. The Hall–Kier alpha value is -1.71. The van der Waals surface area contributed by atoms with Gasteiger partial charge in [0.2, 0.25) is 0 Å². The van der Waals surface area contributed by atoms with E-state index in [0.29, 0.717) is 12.1 Å². The molecule has 1 saturated heterocycles. The molecule has 4 heteroatoms. The number of nitrogens with one attached hydrogen (secondary N) is 2. The van der Waals surface area contributed by atoms with E-state index in [1.807, 2.05) is 12.1 Å². The number of benzene rings is 1. The van der Waals surface area contributed by atoms with Gasteiger partial charge in [0.05, 0.1) is 0 Å². The third-order valence-corrected chi connectivity index (χ3v) is 5.50. The Morgan fingerprint density at radius 2 is 1.75 bits per heavy atom. The summed E-state index contributed by atoms with van der Waals surface area (Å²) in [6.07, 6.45) is 11.1. The minimum absolute atomic E-state index is 0.0703. The molecule has 1 aliphatic carbocycles. The summed E-state index contributed by atoms with van der Waals surface area (Å²) in [7, 11) is 0. The molecule has 24 heavy (non-hydrogen) atoms. The third kappa shape index (κ3) is 4.43. The molecule has 1 aliphatic heterocycles. The van der Waals surface area contributed by atoms with Gasteiger partial charge in [-0.05, 0) is 62.8 Å². The van der Waals surface area contributed by atoms with E-state index in [0.717, 1.165) is 25.1 Å². The van der Waals surface area contributed by atoms with E-state index in [4.69, 9.17) is 0 Å². The van der Waals surface area contributed by atoms with E-state index < -0.39 is 0 Å². The number of hydrogen-bond acceptors (Lipinski definition) is 2. The van der Waals surface area contributed by atoms with Crippen LogP contribution >= 0.6 is 0 Å². The Morgan fingerprint density at radius 3 is 2.46 bits per heavy atom. The summed E-state index contributed by atoms with van der Waals surface area (Å²) in [6.45, 7) is 3.42. The van der Waals surface area contributed by atoms with Gasteiger partial charge in [-0.2, -0.15) is 0 Å². The molecule has 3 rings (SSSR count). The fraction of sp³-hybridized carbons (Fsp3) is 0.650. The smallest absolute Gasteiger partial charge is 0.319 e. The van der Waals surface area contributed by atoms with Crippen LogP contribution in [0.15, 0.2) is 24.3 Å². The number of carbonyl (C=O) groups is 1. The van der Waals surface area contributed by atoms with Crippen molar-refractivity contribution in [2.45, 2.75) is 76.8 Å². The number of rotatable bonds is 4. The van der Waals surface area contributed by atoms with Crippen molar-refractivity contribution in [1.29, 1.82) is 0 Å². The second-order valence-corrected chi connectivity index (χ2v) is 7.23. The zero-order valence-electron chi connectivity index (χ0n) is 14.9. The van der Waals surface area contributed by atoms with Crippen molar-refractivity contribution in [3.8, 4) is 0 Å². The van der Waals surface area contributed by atoms with E-state index >= 15 is 0 Å². The molecule has 1 heterocycles. The minimum Gasteiger partial charge on any atom is -0.369 e. The van der Waals surface area contributed by atoms with Crippen molar-refractivity contribution in [1.82, 2.24) is 5.32 Å². The maximum absolute atomic E-state index is 12.1. The number of nitrogens with zero attached hydrogens (tertiary/aromatic N) is 1. The Kier molecular flexibility index (Phi) is 6.00. The van der Waals surface area contributed by atoms with Crippen LogP contribution in [0.2, 0.25) is 0 Å².